The van der Waals surface area contributed by atoms with Gasteiger partial charge in [-0.05, 0) is 13.0 Å². The van der Waals surface area contributed by atoms with Gasteiger partial charge in [-0.25, -0.2) is 0 Å². The fourth-order valence-corrected chi connectivity index (χ4v) is 3.24. The van der Waals surface area contributed by atoms with E-state index in [-0.39, 0.29) is 17.1 Å². The highest BCUT2D eigenvalue weighted by atomic mass is 32.2. The van der Waals surface area contributed by atoms with Gasteiger partial charge in [0.05, 0.1) is 23.3 Å². The molecule has 0 spiro atoms. The minimum atomic E-state index is -0.212. The molecule has 1 amide bonds. The third kappa shape index (κ3) is 4.36. The first-order valence-electron chi connectivity index (χ1n) is 8.78. The number of aryl methyl sites for hydroxylation is 1. The van der Waals surface area contributed by atoms with E-state index in [9.17, 15) is 4.79 Å². The van der Waals surface area contributed by atoms with E-state index in [0.717, 1.165) is 17.0 Å². The Bertz CT molecular complexity index is 980. The maximum absolute atomic E-state index is 12.3. The van der Waals surface area contributed by atoms with Crippen LogP contribution in [0.3, 0.4) is 0 Å². The first-order valence-corrected chi connectivity index (χ1v) is 9.76. The number of nitrogens with zero attached hydrogens (tertiary/aromatic N) is 4. The Morgan fingerprint density at radius 1 is 1.39 bits per heavy atom. The standard InChI is InChI=1S/C19H23N5O3S/c1-6-8-24-17(13-7-9-26-12(13)2)21-22-18(24)28-11-15(25)20-16-10-14(23-27-16)19(3,4)5/h6-7,9-10H,1,8,11H2,2-5H3,(H,20,25). The van der Waals surface area contributed by atoms with Gasteiger partial charge in [-0.15, -0.1) is 16.8 Å². The van der Waals surface area contributed by atoms with Crippen LogP contribution in [0, 0.1) is 6.92 Å². The molecule has 3 rings (SSSR count). The summed E-state index contributed by atoms with van der Waals surface area (Å²) in [6.45, 7) is 12.3. The molecule has 0 unspecified atom stereocenters. The lowest BCUT2D eigenvalue weighted by atomic mass is 9.92. The molecular formula is C19H23N5O3S. The molecule has 148 valence electrons. The Balaban J connectivity index is 1.68. The SMILES string of the molecule is C=CCn1c(SCC(=O)Nc2cc(C(C)(C)C)no2)nnc1-c1ccoc1C. The van der Waals surface area contributed by atoms with Crippen LogP contribution in [-0.2, 0) is 16.8 Å². The van der Waals surface area contributed by atoms with Gasteiger partial charge in [-0.2, -0.15) is 0 Å². The fraction of sp³-hybridized carbons (Fsp3) is 0.368. The van der Waals surface area contributed by atoms with Crippen LogP contribution in [0.25, 0.3) is 11.4 Å². The fourth-order valence-electron chi connectivity index (χ4n) is 2.50. The van der Waals surface area contributed by atoms with Gasteiger partial charge in [-0.3, -0.25) is 14.7 Å². The molecule has 3 heterocycles. The lowest BCUT2D eigenvalue weighted by Crippen LogP contribution is -2.14. The zero-order valence-electron chi connectivity index (χ0n) is 16.4. The number of hydrogen-bond acceptors (Lipinski definition) is 7. The molecule has 0 aliphatic carbocycles. The van der Waals surface area contributed by atoms with E-state index in [1.807, 2.05) is 38.3 Å². The van der Waals surface area contributed by atoms with Crippen molar-refractivity contribution in [1.82, 2.24) is 19.9 Å². The molecular weight excluding hydrogens is 378 g/mol. The summed E-state index contributed by atoms with van der Waals surface area (Å²) in [7, 11) is 0. The van der Waals surface area contributed by atoms with Gasteiger partial charge < -0.3 is 8.94 Å². The molecule has 28 heavy (non-hydrogen) atoms. The maximum atomic E-state index is 12.3. The Morgan fingerprint density at radius 3 is 2.79 bits per heavy atom. The molecule has 0 atom stereocenters. The zero-order chi connectivity index (χ0) is 20.3. The second kappa shape index (κ2) is 8.05. The smallest absolute Gasteiger partial charge is 0.237 e. The van der Waals surface area contributed by atoms with Gasteiger partial charge >= 0.3 is 0 Å². The van der Waals surface area contributed by atoms with Crippen molar-refractivity contribution < 1.29 is 13.7 Å². The van der Waals surface area contributed by atoms with Crippen molar-refractivity contribution >= 4 is 23.6 Å². The average molecular weight is 401 g/mol. The summed E-state index contributed by atoms with van der Waals surface area (Å²) in [6, 6.07) is 3.58. The number of thioether (sulfide) groups is 1. The van der Waals surface area contributed by atoms with Crippen LogP contribution in [0.5, 0.6) is 0 Å². The van der Waals surface area contributed by atoms with Crippen molar-refractivity contribution in [3.05, 3.63) is 42.5 Å². The van der Waals surface area contributed by atoms with Gasteiger partial charge in [0.15, 0.2) is 11.0 Å². The van der Waals surface area contributed by atoms with Crippen molar-refractivity contribution in [2.24, 2.45) is 0 Å². The molecule has 0 saturated heterocycles. The summed E-state index contributed by atoms with van der Waals surface area (Å²) >= 11 is 1.29. The predicted octanol–water partition coefficient (Wildman–Crippen LogP) is 4.05. The Hall–Kier alpha value is -2.81. The maximum Gasteiger partial charge on any atom is 0.237 e. The summed E-state index contributed by atoms with van der Waals surface area (Å²) < 4.78 is 12.4. The van der Waals surface area contributed by atoms with Crippen LogP contribution < -0.4 is 5.32 Å². The van der Waals surface area contributed by atoms with Crippen LogP contribution in [-0.4, -0.2) is 31.6 Å². The largest absolute Gasteiger partial charge is 0.469 e. The van der Waals surface area contributed by atoms with Gasteiger partial charge in [0.25, 0.3) is 0 Å². The normalized spacial score (nSPS) is 11.6. The zero-order valence-corrected chi connectivity index (χ0v) is 17.2. The molecule has 9 heteroatoms. The minimum Gasteiger partial charge on any atom is -0.469 e. The van der Waals surface area contributed by atoms with Gasteiger partial charge in [0, 0.05) is 18.0 Å². The number of allylic oxidation sites excluding steroid dienone is 1. The highest BCUT2D eigenvalue weighted by Gasteiger charge is 2.21. The first-order chi connectivity index (χ1) is 13.3. The molecule has 0 aromatic carbocycles. The number of carbonyl (C=O) groups excluding carboxylic acids is 1. The van der Waals surface area contributed by atoms with E-state index in [0.29, 0.717) is 23.4 Å². The number of hydrogen-bond donors (Lipinski definition) is 1. The van der Waals surface area contributed by atoms with E-state index in [1.54, 1.807) is 18.4 Å². The third-order valence-electron chi connectivity index (χ3n) is 4.00. The molecule has 0 radical (unpaired) electrons. The Kier molecular flexibility index (Phi) is 5.73. The van der Waals surface area contributed by atoms with E-state index < -0.39 is 0 Å². The summed E-state index contributed by atoms with van der Waals surface area (Å²) in [4.78, 5) is 12.3. The summed E-state index contributed by atoms with van der Waals surface area (Å²) in [5, 5.41) is 15.8. The lowest BCUT2D eigenvalue weighted by Gasteiger charge is -2.12. The van der Waals surface area contributed by atoms with Crippen LogP contribution in [0.2, 0.25) is 0 Å². The molecule has 0 fully saturated rings. The quantitative estimate of drug-likeness (QED) is 0.471. The van der Waals surface area contributed by atoms with Crippen molar-refractivity contribution in [2.45, 2.75) is 44.8 Å². The van der Waals surface area contributed by atoms with E-state index in [1.165, 1.54) is 11.8 Å². The van der Waals surface area contributed by atoms with Crippen molar-refractivity contribution in [2.75, 3.05) is 11.1 Å². The van der Waals surface area contributed by atoms with E-state index in [2.05, 4.69) is 27.2 Å². The molecule has 8 nitrogen and oxygen atoms in total. The third-order valence-corrected chi connectivity index (χ3v) is 4.97. The highest BCUT2D eigenvalue weighted by molar-refractivity contribution is 7.99. The van der Waals surface area contributed by atoms with Crippen molar-refractivity contribution in [3.63, 3.8) is 0 Å². The van der Waals surface area contributed by atoms with Crippen LogP contribution in [0.4, 0.5) is 5.88 Å². The lowest BCUT2D eigenvalue weighted by molar-refractivity contribution is -0.113. The molecule has 0 aliphatic heterocycles. The average Bonchev–Trinajstić information content (AvgIpc) is 3.33. The molecule has 1 N–H and O–H groups in total. The van der Waals surface area contributed by atoms with E-state index >= 15 is 0 Å². The van der Waals surface area contributed by atoms with Gasteiger partial charge in [-0.1, -0.05) is 43.8 Å². The number of aromatic nitrogens is 4. The predicted molar refractivity (Wildman–Crippen MR) is 107 cm³/mol. The Labute approximate surface area is 167 Å². The highest BCUT2D eigenvalue weighted by Crippen LogP contribution is 2.27. The van der Waals surface area contributed by atoms with E-state index in [4.69, 9.17) is 8.94 Å². The summed E-state index contributed by atoms with van der Waals surface area (Å²) in [5.41, 5.74) is 1.49. The second-order valence-electron chi connectivity index (χ2n) is 7.26. The van der Waals surface area contributed by atoms with Crippen LogP contribution in [0.1, 0.15) is 32.2 Å². The molecule has 3 aromatic rings. The molecule has 0 saturated carbocycles. The first kappa shape index (κ1) is 19.9. The van der Waals surface area contributed by atoms with Gasteiger partial charge in [0.1, 0.15) is 5.76 Å². The van der Waals surface area contributed by atoms with Crippen molar-refractivity contribution in [1.29, 1.82) is 0 Å². The summed E-state index contributed by atoms with van der Waals surface area (Å²) in [5.74, 6) is 1.71. The number of furan rings is 1. The minimum absolute atomic E-state index is 0.149. The van der Waals surface area contributed by atoms with Crippen molar-refractivity contribution in [3.8, 4) is 11.4 Å². The molecule has 0 bridgehead atoms. The number of anilines is 1. The molecule has 3 aromatic heterocycles. The monoisotopic (exact) mass is 401 g/mol. The number of nitrogens with one attached hydrogen (secondary N) is 1. The van der Waals surface area contributed by atoms with Gasteiger partial charge in [0.2, 0.25) is 11.8 Å². The number of amides is 1. The van der Waals surface area contributed by atoms with Crippen LogP contribution >= 0.6 is 11.8 Å². The Morgan fingerprint density at radius 2 is 2.18 bits per heavy atom. The number of carbonyl (C=O) groups is 1. The number of rotatable bonds is 7. The topological polar surface area (TPSA) is 99.0 Å². The summed E-state index contributed by atoms with van der Waals surface area (Å²) in [6.07, 6.45) is 3.37. The molecule has 0 aliphatic rings. The van der Waals surface area contributed by atoms with Crippen LogP contribution in [0.15, 0.2) is 45.1 Å². The second-order valence-corrected chi connectivity index (χ2v) is 8.20.